The molecule has 1 rings (SSSR count). The lowest BCUT2D eigenvalue weighted by molar-refractivity contribution is 0.147. The maximum atomic E-state index is 13.1. The molecule has 0 saturated heterocycles. The summed E-state index contributed by atoms with van der Waals surface area (Å²) < 4.78 is 13.1. The Hall–Kier alpha value is -0.930. The van der Waals surface area contributed by atoms with E-state index in [9.17, 15) is 4.39 Å². The van der Waals surface area contributed by atoms with Gasteiger partial charge in [0.05, 0.1) is 5.54 Å². The molecule has 0 aliphatic carbocycles. The third kappa shape index (κ3) is 3.77. The van der Waals surface area contributed by atoms with Crippen LogP contribution in [0.2, 0.25) is 0 Å². The molecule has 2 N–H and O–H groups in total. The molecular weight excluding hydrogens is 239 g/mol. The molecule has 0 aromatic heterocycles. The van der Waals surface area contributed by atoms with Gasteiger partial charge < -0.3 is 10.6 Å². The summed E-state index contributed by atoms with van der Waals surface area (Å²) in [4.78, 5) is 2.17. The van der Waals surface area contributed by atoms with Crippen molar-refractivity contribution in [3.63, 3.8) is 0 Å². The van der Waals surface area contributed by atoms with Crippen molar-refractivity contribution in [2.45, 2.75) is 45.2 Å². The van der Waals surface area contributed by atoms with Gasteiger partial charge in [-0.3, -0.25) is 0 Å². The van der Waals surface area contributed by atoms with Gasteiger partial charge in [0, 0.05) is 6.04 Å². The fourth-order valence-electron chi connectivity index (χ4n) is 3.07. The lowest BCUT2D eigenvalue weighted by Gasteiger charge is -2.42. The van der Waals surface area contributed by atoms with E-state index in [2.05, 4.69) is 39.8 Å². The summed E-state index contributed by atoms with van der Waals surface area (Å²) in [6.07, 6.45) is 1.85. The van der Waals surface area contributed by atoms with E-state index in [0.29, 0.717) is 5.92 Å². The Morgan fingerprint density at radius 3 is 2.11 bits per heavy atom. The number of halogens is 1. The van der Waals surface area contributed by atoms with Crippen LogP contribution in [0.1, 0.15) is 39.2 Å². The monoisotopic (exact) mass is 266 g/mol. The SMILES string of the molecule is CCC(N(C)C)C(N)(CC(C)C)c1ccc(F)cc1. The zero-order valence-corrected chi connectivity index (χ0v) is 12.8. The van der Waals surface area contributed by atoms with E-state index in [-0.39, 0.29) is 11.9 Å². The molecule has 0 saturated carbocycles. The number of rotatable bonds is 6. The van der Waals surface area contributed by atoms with Crippen LogP contribution in [0.15, 0.2) is 24.3 Å². The van der Waals surface area contributed by atoms with Gasteiger partial charge in [0.2, 0.25) is 0 Å². The van der Waals surface area contributed by atoms with Gasteiger partial charge >= 0.3 is 0 Å². The maximum Gasteiger partial charge on any atom is 0.123 e. The molecular formula is C16H27FN2. The lowest BCUT2D eigenvalue weighted by atomic mass is 9.76. The summed E-state index contributed by atoms with van der Waals surface area (Å²) in [6, 6.07) is 6.88. The summed E-state index contributed by atoms with van der Waals surface area (Å²) in [6.45, 7) is 6.50. The van der Waals surface area contributed by atoms with Crippen LogP contribution in [0.3, 0.4) is 0 Å². The van der Waals surface area contributed by atoms with Crippen molar-refractivity contribution in [3.8, 4) is 0 Å². The zero-order chi connectivity index (χ0) is 14.6. The molecule has 0 radical (unpaired) electrons. The molecule has 2 nitrogen and oxygen atoms in total. The standard InChI is InChI=1S/C16H27FN2/c1-6-15(19(4)5)16(18,11-12(2)3)13-7-9-14(17)10-8-13/h7-10,12,15H,6,11,18H2,1-5H3. The molecule has 0 aliphatic heterocycles. The molecule has 0 amide bonds. The van der Waals surface area contributed by atoms with Crippen molar-refractivity contribution in [1.82, 2.24) is 4.90 Å². The van der Waals surface area contributed by atoms with E-state index in [1.54, 1.807) is 0 Å². The van der Waals surface area contributed by atoms with E-state index in [4.69, 9.17) is 5.73 Å². The molecule has 3 heteroatoms. The highest BCUT2D eigenvalue weighted by molar-refractivity contribution is 5.27. The number of likely N-dealkylation sites (N-methyl/N-ethyl adjacent to an activating group) is 1. The fourth-order valence-corrected chi connectivity index (χ4v) is 3.07. The van der Waals surface area contributed by atoms with Gasteiger partial charge in [0.15, 0.2) is 0 Å². The minimum absolute atomic E-state index is 0.214. The van der Waals surface area contributed by atoms with Crippen LogP contribution in [-0.4, -0.2) is 25.0 Å². The van der Waals surface area contributed by atoms with Crippen molar-refractivity contribution in [2.75, 3.05) is 14.1 Å². The average molecular weight is 266 g/mol. The van der Waals surface area contributed by atoms with Gasteiger partial charge in [0.25, 0.3) is 0 Å². The third-order valence-corrected chi connectivity index (χ3v) is 3.73. The van der Waals surface area contributed by atoms with Crippen LogP contribution in [0.5, 0.6) is 0 Å². The molecule has 0 aliphatic rings. The van der Waals surface area contributed by atoms with Gasteiger partial charge in [-0.05, 0) is 50.6 Å². The lowest BCUT2D eigenvalue weighted by Crippen LogP contribution is -2.54. The highest BCUT2D eigenvalue weighted by atomic mass is 19.1. The van der Waals surface area contributed by atoms with Crippen molar-refractivity contribution in [2.24, 2.45) is 11.7 Å². The second kappa shape index (κ2) is 6.49. The molecule has 0 heterocycles. The summed E-state index contributed by atoms with van der Waals surface area (Å²) in [5, 5.41) is 0. The minimum Gasteiger partial charge on any atom is -0.320 e. The molecule has 2 unspecified atom stereocenters. The first-order valence-electron chi connectivity index (χ1n) is 7.02. The largest absolute Gasteiger partial charge is 0.320 e. The number of hydrogen-bond donors (Lipinski definition) is 1. The van der Waals surface area contributed by atoms with Crippen LogP contribution in [0.25, 0.3) is 0 Å². The van der Waals surface area contributed by atoms with Crippen molar-refractivity contribution in [3.05, 3.63) is 35.6 Å². The van der Waals surface area contributed by atoms with Crippen LogP contribution < -0.4 is 5.73 Å². The smallest absolute Gasteiger partial charge is 0.123 e. The molecule has 1 aromatic carbocycles. The summed E-state index contributed by atoms with van der Waals surface area (Å²) in [7, 11) is 4.11. The quantitative estimate of drug-likeness (QED) is 0.855. The fraction of sp³-hybridized carbons (Fsp3) is 0.625. The topological polar surface area (TPSA) is 29.3 Å². The summed E-state index contributed by atoms with van der Waals surface area (Å²) >= 11 is 0. The second-order valence-electron chi connectivity index (χ2n) is 6.03. The predicted octanol–water partition coefficient (Wildman–Crippen LogP) is 3.37. The Kier molecular flexibility index (Phi) is 5.50. The Balaban J connectivity index is 3.21. The Labute approximate surface area is 116 Å². The van der Waals surface area contributed by atoms with Gasteiger partial charge in [-0.1, -0.05) is 32.9 Å². The number of hydrogen-bond acceptors (Lipinski definition) is 2. The molecule has 108 valence electrons. The van der Waals surface area contributed by atoms with Gasteiger partial charge in [-0.2, -0.15) is 0 Å². The molecule has 1 aromatic rings. The Bertz CT molecular complexity index is 386. The van der Waals surface area contributed by atoms with Crippen LogP contribution in [0, 0.1) is 11.7 Å². The first-order chi connectivity index (χ1) is 8.81. The second-order valence-corrected chi connectivity index (χ2v) is 6.03. The van der Waals surface area contributed by atoms with Crippen LogP contribution in [0.4, 0.5) is 4.39 Å². The van der Waals surface area contributed by atoms with E-state index in [1.807, 2.05) is 12.1 Å². The molecule has 0 spiro atoms. The minimum atomic E-state index is -0.444. The summed E-state index contributed by atoms with van der Waals surface area (Å²) in [5.74, 6) is 0.276. The molecule has 2 atom stereocenters. The molecule has 0 fully saturated rings. The summed E-state index contributed by atoms with van der Waals surface area (Å²) in [5.41, 5.74) is 7.33. The third-order valence-electron chi connectivity index (χ3n) is 3.73. The van der Waals surface area contributed by atoms with E-state index in [1.165, 1.54) is 12.1 Å². The Morgan fingerprint density at radius 1 is 1.21 bits per heavy atom. The first kappa shape index (κ1) is 16.1. The van der Waals surface area contributed by atoms with E-state index < -0.39 is 5.54 Å². The highest BCUT2D eigenvalue weighted by Crippen LogP contribution is 2.33. The highest BCUT2D eigenvalue weighted by Gasteiger charge is 2.37. The van der Waals surface area contributed by atoms with Gasteiger partial charge in [-0.25, -0.2) is 4.39 Å². The normalized spacial score (nSPS) is 16.7. The van der Waals surface area contributed by atoms with E-state index >= 15 is 0 Å². The van der Waals surface area contributed by atoms with Crippen molar-refractivity contribution in [1.29, 1.82) is 0 Å². The van der Waals surface area contributed by atoms with Crippen molar-refractivity contribution >= 4 is 0 Å². The van der Waals surface area contributed by atoms with E-state index in [0.717, 1.165) is 18.4 Å². The Morgan fingerprint density at radius 2 is 1.74 bits per heavy atom. The molecule has 0 bridgehead atoms. The van der Waals surface area contributed by atoms with Crippen LogP contribution in [-0.2, 0) is 5.54 Å². The van der Waals surface area contributed by atoms with Crippen molar-refractivity contribution < 1.29 is 4.39 Å². The van der Waals surface area contributed by atoms with Gasteiger partial charge in [0.1, 0.15) is 5.82 Å². The van der Waals surface area contributed by atoms with Gasteiger partial charge in [-0.15, -0.1) is 0 Å². The average Bonchev–Trinajstić information content (AvgIpc) is 2.28. The maximum absolute atomic E-state index is 13.1. The zero-order valence-electron chi connectivity index (χ0n) is 12.8. The predicted molar refractivity (Wildman–Crippen MR) is 79.5 cm³/mol. The number of nitrogens with zero attached hydrogens (tertiary/aromatic N) is 1. The number of benzene rings is 1. The number of nitrogens with two attached hydrogens (primary N) is 1. The van der Waals surface area contributed by atoms with Crippen LogP contribution >= 0.6 is 0 Å². The molecule has 19 heavy (non-hydrogen) atoms. The first-order valence-corrected chi connectivity index (χ1v) is 7.02.